The van der Waals surface area contributed by atoms with E-state index < -0.39 is 22.6 Å². The van der Waals surface area contributed by atoms with E-state index in [0.29, 0.717) is 39.1 Å². The van der Waals surface area contributed by atoms with Gasteiger partial charge in [0.2, 0.25) is 17.7 Å². The number of amides is 3. The molecule has 3 fully saturated rings. The number of unbranched alkanes of at least 4 members (excludes halogenated alkanes) is 1. The molecule has 3 aliphatic rings. The molecule has 7 nitrogen and oxygen atoms in total. The third-order valence-corrected chi connectivity index (χ3v) is 10.7. The molecule has 2 bridgehead atoms. The van der Waals surface area contributed by atoms with Crippen molar-refractivity contribution in [1.82, 2.24) is 14.7 Å². The third kappa shape index (κ3) is 5.30. The quantitative estimate of drug-likeness (QED) is 0.355. The smallest absolute Gasteiger partial charge is 0.247 e. The molecule has 6 atom stereocenters. The lowest BCUT2D eigenvalue weighted by Gasteiger charge is -2.41. The van der Waals surface area contributed by atoms with Crippen molar-refractivity contribution in [3.05, 3.63) is 61.2 Å². The van der Waals surface area contributed by atoms with Crippen LogP contribution in [0.1, 0.15) is 45.1 Å². The van der Waals surface area contributed by atoms with E-state index in [2.05, 4.69) is 27.0 Å². The van der Waals surface area contributed by atoms with Crippen LogP contribution in [0.3, 0.4) is 0 Å². The maximum Gasteiger partial charge on any atom is 0.247 e. The van der Waals surface area contributed by atoms with Crippen LogP contribution in [0.25, 0.3) is 0 Å². The van der Waals surface area contributed by atoms with E-state index in [1.807, 2.05) is 35.2 Å². The number of fused-ring (bicyclic) bond motifs is 1. The number of rotatable bonds is 14. The highest BCUT2D eigenvalue weighted by Gasteiger charge is 2.76. The van der Waals surface area contributed by atoms with Gasteiger partial charge in [-0.25, -0.2) is 0 Å². The number of hydrogen-bond acceptors (Lipinski definition) is 5. The second-order valence-electron chi connectivity index (χ2n) is 11.1. The first kappa shape index (κ1) is 29.4. The lowest BCUT2D eigenvalue weighted by atomic mass is 9.65. The van der Waals surface area contributed by atoms with Gasteiger partial charge in [0.15, 0.2) is 0 Å². The average molecular weight is 554 g/mol. The van der Waals surface area contributed by atoms with Crippen LogP contribution in [-0.2, 0) is 20.9 Å². The van der Waals surface area contributed by atoms with Gasteiger partial charge in [-0.3, -0.25) is 14.4 Å². The Morgan fingerprint density at radius 3 is 2.46 bits per heavy atom. The maximum absolute atomic E-state index is 14.3. The Kier molecular flexibility index (Phi) is 9.60. The zero-order chi connectivity index (χ0) is 28.2. The Morgan fingerprint density at radius 1 is 1.13 bits per heavy atom. The summed E-state index contributed by atoms with van der Waals surface area (Å²) in [5.41, 5.74) is 1.03. The van der Waals surface area contributed by atoms with Crippen LogP contribution in [0.15, 0.2) is 55.6 Å². The van der Waals surface area contributed by atoms with E-state index in [1.165, 1.54) is 0 Å². The predicted octanol–water partition coefficient (Wildman–Crippen LogP) is 3.74. The van der Waals surface area contributed by atoms with Crippen molar-refractivity contribution in [3.63, 3.8) is 0 Å². The molecule has 3 heterocycles. The van der Waals surface area contributed by atoms with Crippen LogP contribution in [0.5, 0.6) is 0 Å². The van der Waals surface area contributed by atoms with Crippen molar-refractivity contribution in [1.29, 1.82) is 0 Å². The third-order valence-electron chi connectivity index (χ3n) is 8.64. The minimum atomic E-state index is -0.660. The number of aliphatic hydroxyl groups is 1. The molecule has 0 radical (unpaired) electrons. The van der Waals surface area contributed by atoms with Crippen molar-refractivity contribution in [2.75, 3.05) is 32.8 Å². The topological polar surface area (TPSA) is 81.2 Å². The first-order valence-corrected chi connectivity index (χ1v) is 15.2. The summed E-state index contributed by atoms with van der Waals surface area (Å²) in [6.45, 7) is 14.1. The second kappa shape index (κ2) is 12.7. The molecule has 3 saturated heterocycles. The van der Waals surface area contributed by atoms with Crippen LogP contribution < -0.4 is 0 Å². The highest BCUT2D eigenvalue weighted by atomic mass is 32.2. The molecule has 4 rings (SSSR count). The first-order valence-electron chi connectivity index (χ1n) is 14.3. The fraction of sp³-hybridized carbons (Fsp3) is 0.581. The SMILES string of the molecule is C=CCN(CCCC)C(=O)C1N(CCCO)C(=O)[C@@H]2[C@H](C(=O)N(CC=C)Cc3ccccc3)[C@@H]3CC(C)C12S3. The number of benzene rings is 1. The van der Waals surface area contributed by atoms with Gasteiger partial charge in [0.05, 0.1) is 16.6 Å². The zero-order valence-corrected chi connectivity index (χ0v) is 24.2. The molecule has 1 aromatic rings. The van der Waals surface area contributed by atoms with Gasteiger partial charge >= 0.3 is 0 Å². The fourth-order valence-electron chi connectivity index (χ4n) is 6.93. The molecule has 1 spiro atoms. The van der Waals surface area contributed by atoms with Gasteiger partial charge in [0, 0.05) is 44.6 Å². The molecule has 1 aromatic carbocycles. The number of carbonyl (C=O) groups excluding carboxylic acids is 3. The Morgan fingerprint density at radius 2 is 1.82 bits per heavy atom. The van der Waals surface area contributed by atoms with Gasteiger partial charge in [0.25, 0.3) is 0 Å². The van der Waals surface area contributed by atoms with Crippen LogP contribution >= 0.6 is 11.8 Å². The molecule has 3 aliphatic heterocycles. The standard InChI is InChI=1S/C31H43N3O4S/c1-5-8-17-32(15-6-2)30(38)27-31-22(4)20-24(39-31)25(26(31)29(37)34(27)18-12-19-35)28(36)33(16-7-3)21-23-13-10-9-11-14-23/h6-7,9-11,13-14,22,24-27,35H,2-3,5,8,12,15-21H2,1,4H3/t22?,24-,25+,26-,27?,31?/m0/s1. The average Bonchev–Trinajstić information content (AvgIpc) is 3.53. The Balaban J connectivity index is 1.71. The van der Waals surface area contributed by atoms with Crippen LogP contribution in [0.4, 0.5) is 0 Å². The van der Waals surface area contributed by atoms with Gasteiger partial charge in [-0.15, -0.1) is 24.9 Å². The Hall–Kier alpha value is -2.58. The van der Waals surface area contributed by atoms with E-state index in [9.17, 15) is 19.5 Å². The van der Waals surface area contributed by atoms with E-state index in [1.54, 1.807) is 33.7 Å². The highest BCUT2D eigenvalue weighted by Crippen LogP contribution is 2.68. The number of hydrogen-bond donors (Lipinski definition) is 1. The molecule has 0 aliphatic carbocycles. The normalized spacial score (nSPS) is 28.8. The molecule has 39 heavy (non-hydrogen) atoms. The highest BCUT2D eigenvalue weighted by molar-refractivity contribution is 8.02. The van der Waals surface area contributed by atoms with Crippen molar-refractivity contribution in [2.24, 2.45) is 17.8 Å². The molecule has 0 saturated carbocycles. The largest absolute Gasteiger partial charge is 0.396 e. The number of likely N-dealkylation sites (tertiary alicyclic amines) is 1. The van der Waals surface area contributed by atoms with E-state index in [-0.39, 0.29) is 35.5 Å². The monoisotopic (exact) mass is 553 g/mol. The molecule has 3 unspecified atom stereocenters. The minimum Gasteiger partial charge on any atom is -0.396 e. The number of aliphatic hydroxyl groups excluding tert-OH is 1. The summed E-state index contributed by atoms with van der Waals surface area (Å²) in [4.78, 5) is 48.1. The summed E-state index contributed by atoms with van der Waals surface area (Å²) < 4.78 is -0.660. The van der Waals surface area contributed by atoms with Crippen molar-refractivity contribution in [3.8, 4) is 0 Å². The Bertz CT molecular complexity index is 1070. The number of nitrogens with zero attached hydrogens (tertiary/aromatic N) is 3. The van der Waals surface area contributed by atoms with Crippen LogP contribution in [-0.4, -0.2) is 86.4 Å². The minimum absolute atomic E-state index is 0.0108. The summed E-state index contributed by atoms with van der Waals surface area (Å²) in [5.74, 6) is -1.15. The molecule has 212 valence electrons. The molecular weight excluding hydrogens is 510 g/mol. The van der Waals surface area contributed by atoms with Crippen LogP contribution in [0.2, 0.25) is 0 Å². The van der Waals surface area contributed by atoms with Gasteiger partial charge in [-0.05, 0) is 30.7 Å². The van der Waals surface area contributed by atoms with E-state index in [0.717, 1.165) is 24.8 Å². The molecule has 0 aromatic heterocycles. The second-order valence-corrected chi connectivity index (χ2v) is 12.6. The maximum atomic E-state index is 14.3. The molecule has 1 N–H and O–H groups in total. The van der Waals surface area contributed by atoms with E-state index in [4.69, 9.17) is 0 Å². The van der Waals surface area contributed by atoms with Crippen molar-refractivity contribution in [2.45, 2.75) is 62.1 Å². The summed E-state index contributed by atoms with van der Waals surface area (Å²) in [6, 6.07) is 9.21. The predicted molar refractivity (Wildman–Crippen MR) is 156 cm³/mol. The lowest BCUT2D eigenvalue weighted by Crippen LogP contribution is -2.57. The van der Waals surface area contributed by atoms with Crippen molar-refractivity contribution < 1.29 is 19.5 Å². The summed E-state index contributed by atoms with van der Waals surface area (Å²) >= 11 is 1.70. The fourth-order valence-corrected chi connectivity index (χ4v) is 9.34. The van der Waals surface area contributed by atoms with Gasteiger partial charge < -0.3 is 19.8 Å². The molecular formula is C31H43N3O4S. The van der Waals surface area contributed by atoms with Crippen LogP contribution in [0, 0.1) is 17.8 Å². The van der Waals surface area contributed by atoms with Gasteiger partial charge in [-0.2, -0.15) is 0 Å². The number of carbonyl (C=O) groups is 3. The summed E-state index contributed by atoms with van der Waals surface area (Å²) in [7, 11) is 0. The number of thioether (sulfide) groups is 1. The molecule has 8 heteroatoms. The van der Waals surface area contributed by atoms with Gasteiger partial charge in [-0.1, -0.05) is 62.8 Å². The van der Waals surface area contributed by atoms with E-state index >= 15 is 0 Å². The van der Waals surface area contributed by atoms with Crippen molar-refractivity contribution >= 4 is 29.5 Å². The summed E-state index contributed by atoms with van der Waals surface area (Å²) in [5, 5.41) is 9.61. The first-order chi connectivity index (χ1) is 18.8. The summed E-state index contributed by atoms with van der Waals surface area (Å²) in [6.07, 6.45) is 6.49. The molecule has 3 amide bonds. The Labute approximate surface area is 237 Å². The zero-order valence-electron chi connectivity index (χ0n) is 23.3. The van der Waals surface area contributed by atoms with Gasteiger partial charge in [0.1, 0.15) is 6.04 Å². The lowest BCUT2D eigenvalue weighted by molar-refractivity contribution is -0.145.